The smallest absolute Gasteiger partial charge is 0.173 e. The number of nitrogens with zero attached hydrogens (tertiary/aromatic N) is 1. The van der Waals surface area contributed by atoms with E-state index in [1.807, 2.05) is 31.2 Å². The maximum Gasteiger partial charge on any atom is 0.173 e. The number of hydrogen-bond donors (Lipinski definition) is 1. The Balaban J connectivity index is 1.55. The first-order chi connectivity index (χ1) is 10.8. The van der Waals surface area contributed by atoms with Crippen LogP contribution in [0.5, 0.6) is 5.75 Å². The van der Waals surface area contributed by atoms with Crippen molar-refractivity contribution >= 4 is 23.0 Å². The van der Waals surface area contributed by atoms with Gasteiger partial charge in [0.1, 0.15) is 5.75 Å². The molecule has 120 valence electrons. The third-order valence-corrected chi connectivity index (χ3v) is 5.36. The van der Waals surface area contributed by atoms with E-state index >= 15 is 0 Å². The van der Waals surface area contributed by atoms with Crippen LogP contribution in [-0.4, -0.2) is 29.7 Å². The molecule has 2 atom stereocenters. The number of likely N-dealkylation sites (tertiary alicyclic amines) is 1. The molecule has 4 heteroatoms. The zero-order valence-corrected chi connectivity index (χ0v) is 14.2. The first-order valence-electron chi connectivity index (χ1n) is 8.55. The summed E-state index contributed by atoms with van der Waals surface area (Å²) in [5, 5.41) is 4.25. The third-order valence-electron chi connectivity index (χ3n) is 5.00. The van der Waals surface area contributed by atoms with Crippen LogP contribution in [0.3, 0.4) is 0 Å². The number of thiocarbonyl (C=S) groups is 1. The predicted octanol–water partition coefficient (Wildman–Crippen LogP) is 4.29. The van der Waals surface area contributed by atoms with Crippen molar-refractivity contribution < 1.29 is 4.74 Å². The van der Waals surface area contributed by atoms with Crippen molar-refractivity contribution in [2.75, 3.05) is 25.0 Å². The van der Waals surface area contributed by atoms with Gasteiger partial charge in [-0.05, 0) is 68.1 Å². The summed E-state index contributed by atoms with van der Waals surface area (Å²) in [6, 6.07) is 8.04. The van der Waals surface area contributed by atoms with Crippen LogP contribution in [0.25, 0.3) is 0 Å². The average molecular weight is 318 g/mol. The molecule has 1 aliphatic carbocycles. The van der Waals surface area contributed by atoms with Gasteiger partial charge in [-0.2, -0.15) is 0 Å². The van der Waals surface area contributed by atoms with E-state index in [0.717, 1.165) is 41.5 Å². The standard InChI is InChI=1S/C18H26N2OS/c1-2-21-17-9-7-16(8-10-17)19-18(22)20-12-11-14-5-3-4-6-15(14)13-20/h7-10,14-15H,2-6,11-13H2,1H3,(H,19,22)/t14-,15-/m0/s1. The van der Waals surface area contributed by atoms with Crippen molar-refractivity contribution in [1.29, 1.82) is 0 Å². The van der Waals surface area contributed by atoms with Crippen LogP contribution < -0.4 is 10.1 Å². The Labute approximate surface area is 139 Å². The van der Waals surface area contributed by atoms with E-state index in [-0.39, 0.29) is 0 Å². The van der Waals surface area contributed by atoms with Crippen LogP contribution in [0.1, 0.15) is 39.0 Å². The molecule has 3 rings (SSSR count). The van der Waals surface area contributed by atoms with Crippen molar-refractivity contribution in [2.24, 2.45) is 11.8 Å². The van der Waals surface area contributed by atoms with Crippen molar-refractivity contribution in [3.63, 3.8) is 0 Å². The summed E-state index contributed by atoms with van der Waals surface area (Å²) >= 11 is 5.62. The number of piperidine rings is 1. The summed E-state index contributed by atoms with van der Waals surface area (Å²) in [5.74, 6) is 2.70. The van der Waals surface area contributed by atoms with Gasteiger partial charge in [0, 0.05) is 18.8 Å². The minimum Gasteiger partial charge on any atom is -0.494 e. The highest BCUT2D eigenvalue weighted by Gasteiger charge is 2.31. The minimum atomic E-state index is 0.696. The van der Waals surface area contributed by atoms with Gasteiger partial charge in [-0.25, -0.2) is 0 Å². The van der Waals surface area contributed by atoms with Gasteiger partial charge in [-0.15, -0.1) is 0 Å². The Morgan fingerprint density at radius 3 is 2.64 bits per heavy atom. The van der Waals surface area contributed by atoms with Gasteiger partial charge in [0.25, 0.3) is 0 Å². The second-order valence-corrected chi connectivity index (χ2v) is 6.81. The molecule has 0 amide bonds. The Morgan fingerprint density at radius 1 is 1.18 bits per heavy atom. The fraction of sp³-hybridized carbons (Fsp3) is 0.611. The van der Waals surface area contributed by atoms with Crippen LogP contribution in [0, 0.1) is 11.8 Å². The van der Waals surface area contributed by atoms with E-state index in [1.165, 1.54) is 32.1 Å². The second kappa shape index (κ2) is 7.32. The maximum absolute atomic E-state index is 5.62. The molecular formula is C18H26N2OS. The zero-order valence-electron chi connectivity index (χ0n) is 13.4. The van der Waals surface area contributed by atoms with Gasteiger partial charge in [-0.3, -0.25) is 0 Å². The van der Waals surface area contributed by atoms with Crippen molar-refractivity contribution in [1.82, 2.24) is 4.90 Å². The second-order valence-electron chi connectivity index (χ2n) is 6.43. The van der Waals surface area contributed by atoms with E-state index in [1.54, 1.807) is 0 Å². The van der Waals surface area contributed by atoms with Gasteiger partial charge < -0.3 is 15.0 Å². The Kier molecular flexibility index (Phi) is 5.19. The lowest BCUT2D eigenvalue weighted by atomic mass is 9.75. The fourth-order valence-electron chi connectivity index (χ4n) is 3.79. The molecule has 2 fully saturated rings. The molecule has 0 unspecified atom stereocenters. The summed E-state index contributed by atoms with van der Waals surface area (Å²) in [6.45, 7) is 4.93. The first-order valence-corrected chi connectivity index (χ1v) is 8.96. The summed E-state index contributed by atoms with van der Waals surface area (Å²) in [6.07, 6.45) is 6.93. The van der Waals surface area contributed by atoms with Gasteiger partial charge >= 0.3 is 0 Å². The normalized spacial score (nSPS) is 24.5. The molecule has 1 saturated carbocycles. The third kappa shape index (κ3) is 3.72. The number of benzene rings is 1. The molecule has 0 aromatic heterocycles. The molecule has 2 aliphatic rings. The highest BCUT2D eigenvalue weighted by Crippen LogP contribution is 2.36. The summed E-state index contributed by atoms with van der Waals surface area (Å²) in [7, 11) is 0. The van der Waals surface area contributed by atoms with Crippen LogP contribution in [0.15, 0.2) is 24.3 Å². The van der Waals surface area contributed by atoms with Crippen LogP contribution >= 0.6 is 12.2 Å². The number of rotatable bonds is 3. The monoisotopic (exact) mass is 318 g/mol. The van der Waals surface area contributed by atoms with E-state index in [9.17, 15) is 0 Å². The summed E-state index contributed by atoms with van der Waals surface area (Å²) in [5.41, 5.74) is 1.04. The van der Waals surface area contributed by atoms with Crippen molar-refractivity contribution in [3.05, 3.63) is 24.3 Å². The predicted molar refractivity (Wildman–Crippen MR) is 95.5 cm³/mol. The van der Waals surface area contributed by atoms with Gasteiger partial charge in [0.2, 0.25) is 0 Å². The minimum absolute atomic E-state index is 0.696. The molecule has 0 bridgehead atoms. The zero-order chi connectivity index (χ0) is 15.4. The van der Waals surface area contributed by atoms with Gasteiger partial charge in [0.05, 0.1) is 6.61 Å². The Morgan fingerprint density at radius 2 is 1.91 bits per heavy atom. The quantitative estimate of drug-likeness (QED) is 0.840. The van der Waals surface area contributed by atoms with E-state index in [2.05, 4.69) is 10.2 Å². The molecule has 0 spiro atoms. The molecule has 1 aromatic carbocycles. The SMILES string of the molecule is CCOc1ccc(NC(=S)N2CC[C@@H]3CCCC[C@H]3C2)cc1. The van der Waals surface area contributed by atoms with E-state index in [0.29, 0.717) is 6.61 Å². The number of fused-ring (bicyclic) bond motifs is 1. The summed E-state index contributed by atoms with van der Waals surface area (Å²) < 4.78 is 5.47. The Bertz CT molecular complexity index is 502. The Hall–Kier alpha value is -1.29. The molecule has 1 saturated heterocycles. The molecule has 1 aromatic rings. The van der Waals surface area contributed by atoms with Crippen molar-refractivity contribution in [3.8, 4) is 5.75 Å². The lowest BCUT2D eigenvalue weighted by Gasteiger charge is -2.42. The molecular weight excluding hydrogens is 292 g/mol. The molecule has 1 N–H and O–H groups in total. The van der Waals surface area contributed by atoms with E-state index < -0.39 is 0 Å². The van der Waals surface area contributed by atoms with Crippen molar-refractivity contribution in [2.45, 2.75) is 39.0 Å². The van der Waals surface area contributed by atoms with Crippen LogP contribution in [-0.2, 0) is 0 Å². The maximum atomic E-state index is 5.62. The van der Waals surface area contributed by atoms with Crippen LogP contribution in [0.2, 0.25) is 0 Å². The van der Waals surface area contributed by atoms with Crippen LogP contribution in [0.4, 0.5) is 5.69 Å². The molecule has 0 radical (unpaired) electrons. The lowest BCUT2D eigenvalue weighted by Crippen LogP contribution is -2.46. The van der Waals surface area contributed by atoms with Gasteiger partial charge in [-0.1, -0.05) is 19.3 Å². The summed E-state index contributed by atoms with van der Waals surface area (Å²) in [4.78, 5) is 2.36. The highest BCUT2D eigenvalue weighted by molar-refractivity contribution is 7.80. The van der Waals surface area contributed by atoms with E-state index in [4.69, 9.17) is 17.0 Å². The number of anilines is 1. The number of ether oxygens (including phenoxy) is 1. The lowest BCUT2D eigenvalue weighted by molar-refractivity contribution is 0.131. The molecule has 1 heterocycles. The average Bonchev–Trinajstić information content (AvgIpc) is 2.56. The molecule has 3 nitrogen and oxygen atoms in total. The fourth-order valence-corrected chi connectivity index (χ4v) is 4.07. The number of hydrogen-bond acceptors (Lipinski definition) is 2. The molecule has 1 aliphatic heterocycles. The largest absolute Gasteiger partial charge is 0.494 e. The first kappa shape index (κ1) is 15.6. The highest BCUT2D eigenvalue weighted by atomic mass is 32.1. The topological polar surface area (TPSA) is 24.5 Å². The number of nitrogens with one attached hydrogen (secondary N) is 1. The van der Waals surface area contributed by atoms with Gasteiger partial charge in [0.15, 0.2) is 5.11 Å². The molecule has 22 heavy (non-hydrogen) atoms.